The van der Waals surface area contributed by atoms with Crippen LogP contribution >= 0.6 is 12.1 Å². The van der Waals surface area contributed by atoms with Gasteiger partial charge in [0.05, 0.1) is 5.52 Å². The first-order valence-corrected chi connectivity index (χ1v) is 9.92. The first-order valence-electron chi connectivity index (χ1n) is 9.14. The average Bonchev–Trinajstić information content (AvgIpc) is 2.93. The molecule has 6 nitrogen and oxygen atoms in total. The summed E-state index contributed by atoms with van der Waals surface area (Å²) in [6, 6.07) is 0. The molecule has 2 rings (SSSR count). The number of hydrogen-bond acceptors (Lipinski definition) is 6. The molecule has 0 fully saturated rings. The number of nitrogens with one attached hydrogen (secondary N) is 1. The third-order valence-electron chi connectivity index (χ3n) is 4.39. The quantitative estimate of drug-likeness (QED) is 0.497. The number of nitrogens with zero attached hydrogens (tertiary/aromatic N) is 4. The number of hydrogen-bond donors (Lipinski definition) is 2. The van der Waals surface area contributed by atoms with Gasteiger partial charge in [0.1, 0.15) is 11.3 Å². The highest BCUT2D eigenvalue weighted by molar-refractivity contribution is 7.95. The molecule has 0 saturated heterocycles. The standard InChI is InChI=1S/C18H32N6S/c1-6-7-10-15-22-16-17(13(2)14(3)21-18(16)19)24(15)12-9-8-11-20-25-23(4)5/h20H,6-12H2,1-5H3,(H2,19,21). The fourth-order valence-electron chi connectivity index (χ4n) is 2.96. The van der Waals surface area contributed by atoms with E-state index in [1.54, 1.807) is 12.1 Å². The lowest BCUT2D eigenvalue weighted by Crippen LogP contribution is -2.14. The van der Waals surface area contributed by atoms with Gasteiger partial charge >= 0.3 is 0 Å². The lowest BCUT2D eigenvalue weighted by Gasteiger charge is -2.12. The molecule has 0 bridgehead atoms. The molecule has 0 amide bonds. The molecule has 0 aliphatic heterocycles. The van der Waals surface area contributed by atoms with Crippen molar-refractivity contribution >= 4 is 29.0 Å². The third-order valence-corrected chi connectivity index (χ3v) is 5.09. The Hall–Kier alpha value is -1.31. The van der Waals surface area contributed by atoms with E-state index in [1.165, 1.54) is 17.5 Å². The van der Waals surface area contributed by atoms with Crippen molar-refractivity contribution in [3.63, 3.8) is 0 Å². The van der Waals surface area contributed by atoms with Crippen molar-refractivity contribution in [2.45, 2.75) is 59.4 Å². The van der Waals surface area contributed by atoms with Gasteiger partial charge in [0.15, 0.2) is 5.82 Å². The van der Waals surface area contributed by atoms with Gasteiger partial charge in [0.25, 0.3) is 0 Å². The zero-order chi connectivity index (χ0) is 18.4. The topological polar surface area (TPSA) is 72.0 Å². The molecule has 3 N–H and O–H groups in total. The van der Waals surface area contributed by atoms with E-state index in [9.17, 15) is 0 Å². The number of anilines is 1. The summed E-state index contributed by atoms with van der Waals surface area (Å²) < 4.78 is 7.81. The Morgan fingerprint density at radius 1 is 1.16 bits per heavy atom. The number of aryl methyl sites for hydroxylation is 4. The van der Waals surface area contributed by atoms with Gasteiger partial charge in [0, 0.05) is 37.3 Å². The summed E-state index contributed by atoms with van der Waals surface area (Å²) in [5.41, 5.74) is 10.4. The Morgan fingerprint density at radius 2 is 1.92 bits per heavy atom. The zero-order valence-corrected chi connectivity index (χ0v) is 17.0. The number of rotatable bonds is 10. The number of aromatic nitrogens is 3. The van der Waals surface area contributed by atoms with E-state index < -0.39 is 0 Å². The molecule has 0 aliphatic carbocycles. The molecule has 7 heteroatoms. The molecule has 2 aromatic rings. The molecule has 2 aromatic heterocycles. The maximum Gasteiger partial charge on any atom is 0.151 e. The van der Waals surface area contributed by atoms with Crippen LogP contribution in [0, 0.1) is 13.8 Å². The van der Waals surface area contributed by atoms with Crippen molar-refractivity contribution in [2.24, 2.45) is 0 Å². The second kappa shape index (κ2) is 9.40. The van der Waals surface area contributed by atoms with Crippen LogP contribution in [0.25, 0.3) is 11.0 Å². The van der Waals surface area contributed by atoms with Crippen LogP contribution in [0.2, 0.25) is 0 Å². The summed E-state index contributed by atoms with van der Waals surface area (Å²) in [4.78, 5) is 9.30. The Kier molecular flexibility index (Phi) is 7.53. The van der Waals surface area contributed by atoms with Crippen molar-refractivity contribution in [3.8, 4) is 0 Å². The van der Waals surface area contributed by atoms with E-state index in [4.69, 9.17) is 10.7 Å². The van der Waals surface area contributed by atoms with Crippen LogP contribution in [0.15, 0.2) is 0 Å². The monoisotopic (exact) mass is 364 g/mol. The number of nitrogens with two attached hydrogens (primary N) is 1. The Balaban J connectivity index is 2.17. The molecule has 0 radical (unpaired) electrons. The van der Waals surface area contributed by atoms with Crippen molar-refractivity contribution in [1.82, 2.24) is 23.6 Å². The number of unbranched alkanes of at least 4 members (excludes halogenated alkanes) is 2. The summed E-state index contributed by atoms with van der Waals surface area (Å²) in [5, 5.41) is 0. The number of nitrogen functional groups attached to an aromatic ring is 1. The van der Waals surface area contributed by atoms with Crippen molar-refractivity contribution in [3.05, 3.63) is 17.1 Å². The molecule has 140 valence electrons. The molecular weight excluding hydrogens is 332 g/mol. The predicted molar refractivity (Wildman–Crippen MR) is 109 cm³/mol. The van der Waals surface area contributed by atoms with E-state index in [1.807, 2.05) is 21.0 Å². The minimum Gasteiger partial charge on any atom is -0.382 e. The number of imidazole rings is 1. The molecule has 0 aliphatic rings. The summed E-state index contributed by atoms with van der Waals surface area (Å²) in [6.45, 7) is 8.35. The first-order chi connectivity index (χ1) is 12.0. The van der Waals surface area contributed by atoms with Crippen LogP contribution in [0.5, 0.6) is 0 Å². The van der Waals surface area contributed by atoms with Crippen molar-refractivity contribution in [1.29, 1.82) is 0 Å². The van der Waals surface area contributed by atoms with E-state index >= 15 is 0 Å². The Bertz CT molecular complexity index is 695. The molecule has 25 heavy (non-hydrogen) atoms. The van der Waals surface area contributed by atoms with Crippen LogP contribution < -0.4 is 10.5 Å². The van der Waals surface area contributed by atoms with E-state index in [0.717, 1.165) is 55.8 Å². The molecule has 2 heterocycles. The molecule has 0 aromatic carbocycles. The maximum atomic E-state index is 6.16. The van der Waals surface area contributed by atoms with Crippen molar-refractivity contribution < 1.29 is 0 Å². The van der Waals surface area contributed by atoms with Crippen LogP contribution in [-0.4, -0.2) is 39.5 Å². The highest BCUT2D eigenvalue weighted by atomic mass is 32.2. The SMILES string of the molecule is CCCCc1nc2c(N)nc(C)c(C)c2n1CCCCNSN(C)C. The molecule has 0 unspecified atom stereocenters. The molecular formula is C18H32N6S. The Morgan fingerprint density at radius 3 is 2.60 bits per heavy atom. The second-order valence-corrected chi connectivity index (χ2v) is 7.89. The van der Waals surface area contributed by atoms with E-state index in [-0.39, 0.29) is 0 Å². The largest absolute Gasteiger partial charge is 0.382 e. The number of pyridine rings is 1. The minimum atomic E-state index is 0.554. The summed E-state index contributed by atoms with van der Waals surface area (Å²) in [5.74, 6) is 1.70. The van der Waals surface area contributed by atoms with Gasteiger partial charge < -0.3 is 10.3 Å². The van der Waals surface area contributed by atoms with Crippen LogP contribution in [0.1, 0.15) is 49.7 Å². The van der Waals surface area contributed by atoms with Crippen molar-refractivity contribution in [2.75, 3.05) is 26.4 Å². The molecule has 0 saturated carbocycles. The second-order valence-electron chi connectivity index (χ2n) is 6.69. The number of fused-ring (bicyclic) bond motifs is 1. The fourth-order valence-corrected chi connectivity index (χ4v) is 3.45. The summed E-state index contributed by atoms with van der Waals surface area (Å²) in [6.07, 6.45) is 5.56. The van der Waals surface area contributed by atoms with Gasteiger partial charge in [-0.05, 0) is 52.8 Å². The summed E-state index contributed by atoms with van der Waals surface area (Å²) in [7, 11) is 4.08. The fraction of sp³-hybridized carbons (Fsp3) is 0.667. The van der Waals surface area contributed by atoms with Crippen LogP contribution in [0.3, 0.4) is 0 Å². The van der Waals surface area contributed by atoms with Gasteiger partial charge in [-0.2, -0.15) is 0 Å². The van der Waals surface area contributed by atoms with Crippen LogP contribution in [0.4, 0.5) is 5.82 Å². The molecule has 0 spiro atoms. The highest BCUT2D eigenvalue weighted by Gasteiger charge is 2.17. The average molecular weight is 365 g/mol. The maximum absolute atomic E-state index is 6.16. The highest BCUT2D eigenvalue weighted by Crippen LogP contribution is 2.27. The zero-order valence-electron chi connectivity index (χ0n) is 16.2. The van der Waals surface area contributed by atoms with E-state index in [0.29, 0.717) is 5.82 Å². The predicted octanol–water partition coefficient (Wildman–Crippen LogP) is 3.47. The third kappa shape index (κ3) is 5.09. The lowest BCUT2D eigenvalue weighted by atomic mass is 10.2. The van der Waals surface area contributed by atoms with Gasteiger partial charge in [0.2, 0.25) is 0 Å². The smallest absolute Gasteiger partial charge is 0.151 e. The minimum absolute atomic E-state index is 0.554. The lowest BCUT2D eigenvalue weighted by molar-refractivity contribution is 0.584. The van der Waals surface area contributed by atoms with Gasteiger partial charge in [-0.1, -0.05) is 13.3 Å². The van der Waals surface area contributed by atoms with Gasteiger partial charge in [-0.3, -0.25) is 4.72 Å². The van der Waals surface area contributed by atoms with E-state index in [2.05, 4.69) is 32.4 Å². The first kappa shape index (κ1) is 20.0. The molecule has 0 atom stereocenters. The van der Waals surface area contributed by atoms with Gasteiger partial charge in [-0.25, -0.2) is 14.3 Å². The normalized spacial score (nSPS) is 11.8. The van der Waals surface area contributed by atoms with Gasteiger partial charge in [-0.15, -0.1) is 0 Å². The van der Waals surface area contributed by atoms with Crippen LogP contribution in [-0.2, 0) is 13.0 Å². The summed E-state index contributed by atoms with van der Waals surface area (Å²) >= 11 is 1.64. The Labute approximate surface area is 155 Å².